The molecule has 0 unspecified atom stereocenters. The van der Waals surface area contributed by atoms with Crippen molar-refractivity contribution in [2.75, 3.05) is 0 Å². The van der Waals surface area contributed by atoms with Gasteiger partial charge < -0.3 is 4.74 Å². The maximum Gasteiger partial charge on any atom is 0.311 e. The molecule has 0 N–H and O–H groups in total. The minimum Gasteiger partial charge on any atom is -0.453 e. The lowest BCUT2D eigenvalue weighted by atomic mass is 9.71. The van der Waals surface area contributed by atoms with Crippen LogP contribution in [0, 0.1) is 11.8 Å². The fourth-order valence-electron chi connectivity index (χ4n) is 5.11. The number of aromatic nitrogens is 6. The topological polar surface area (TPSA) is 87.2 Å². The number of esters is 1. The van der Waals surface area contributed by atoms with E-state index >= 15 is 0 Å². The van der Waals surface area contributed by atoms with E-state index in [-0.39, 0.29) is 24.2 Å². The van der Waals surface area contributed by atoms with Gasteiger partial charge in [-0.25, -0.2) is 9.50 Å². The predicted molar refractivity (Wildman–Crippen MR) is 123 cm³/mol. The summed E-state index contributed by atoms with van der Waals surface area (Å²) in [4.78, 5) is 21.8. The molecule has 0 saturated carbocycles. The highest BCUT2D eigenvalue weighted by atomic mass is 16.6. The average molecular weight is 445 g/mol. The van der Waals surface area contributed by atoms with Gasteiger partial charge in [-0.05, 0) is 28.5 Å². The minimum absolute atomic E-state index is 0.167. The normalized spacial score (nSPS) is 15.3. The first kappa shape index (κ1) is 21.3. The van der Waals surface area contributed by atoms with Gasteiger partial charge in [0.15, 0.2) is 11.5 Å². The molecule has 8 nitrogen and oxygen atoms in total. The summed E-state index contributed by atoms with van der Waals surface area (Å²) in [7, 11) is 1.87. The summed E-state index contributed by atoms with van der Waals surface area (Å²) in [5.74, 6) is 0.875. The molecule has 0 aliphatic carbocycles. The van der Waals surface area contributed by atoms with Crippen molar-refractivity contribution in [1.29, 1.82) is 0 Å². The molecule has 170 valence electrons. The van der Waals surface area contributed by atoms with E-state index in [4.69, 9.17) is 9.72 Å². The third-order valence-corrected chi connectivity index (χ3v) is 6.56. The highest BCUT2D eigenvalue weighted by Gasteiger charge is 2.47. The molecule has 0 atom stereocenters. The molecule has 4 heterocycles. The number of hydrogen-bond acceptors (Lipinski definition) is 6. The zero-order valence-electron chi connectivity index (χ0n) is 19.6. The lowest BCUT2D eigenvalue weighted by Gasteiger charge is -2.44. The SMILES string of the molecule is CC(C)C1(C(C)C)OC(=O)Cc2cc(Cc3nc4c(-c5cnn(C)c5)nccn4n3)ccc21. The summed E-state index contributed by atoms with van der Waals surface area (Å²) in [6, 6.07) is 6.33. The molecular weight excluding hydrogens is 416 g/mol. The van der Waals surface area contributed by atoms with Crippen LogP contribution in [0.1, 0.15) is 50.2 Å². The molecule has 0 saturated heterocycles. The van der Waals surface area contributed by atoms with Gasteiger partial charge in [0.2, 0.25) is 0 Å². The van der Waals surface area contributed by atoms with E-state index < -0.39 is 5.60 Å². The number of fused-ring (bicyclic) bond motifs is 2. The maximum atomic E-state index is 12.5. The van der Waals surface area contributed by atoms with Crippen molar-refractivity contribution in [2.24, 2.45) is 18.9 Å². The van der Waals surface area contributed by atoms with Gasteiger partial charge in [-0.15, -0.1) is 0 Å². The van der Waals surface area contributed by atoms with E-state index in [0.29, 0.717) is 17.9 Å². The van der Waals surface area contributed by atoms with Crippen LogP contribution in [-0.4, -0.2) is 35.3 Å². The molecule has 1 aliphatic heterocycles. The molecule has 4 aromatic rings. The summed E-state index contributed by atoms with van der Waals surface area (Å²) in [5, 5.41) is 8.90. The van der Waals surface area contributed by atoms with Gasteiger partial charge in [-0.3, -0.25) is 14.5 Å². The Hall–Kier alpha value is -3.55. The molecule has 0 amide bonds. The molecule has 0 fully saturated rings. The van der Waals surface area contributed by atoms with Crippen molar-refractivity contribution in [3.8, 4) is 11.3 Å². The summed E-state index contributed by atoms with van der Waals surface area (Å²) >= 11 is 0. The molecule has 0 bridgehead atoms. The lowest BCUT2D eigenvalue weighted by Crippen LogP contribution is -2.46. The Labute approximate surface area is 192 Å². The molecular formula is C25H28N6O2. The minimum atomic E-state index is -0.602. The van der Waals surface area contributed by atoms with Crippen molar-refractivity contribution in [2.45, 2.75) is 46.1 Å². The Kier molecular flexibility index (Phi) is 5.03. The second-order valence-corrected chi connectivity index (χ2v) is 9.40. The van der Waals surface area contributed by atoms with Gasteiger partial charge in [0.1, 0.15) is 11.3 Å². The van der Waals surface area contributed by atoms with Crippen molar-refractivity contribution in [1.82, 2.24) is 29.4 Å². The first-order chi connectivity index (χ1) is 15.8. The van der Waals surface area contributed by atoms with Crippen LogP contribution in [0.3, 0.4) is 0 Å². The molecule has 33 heavy (non-hydrogen) atoms. The van der Waals surface area contributed by atoms with Gasteiger partial charge >= 0.3 is 5.97 Å². The number of carbonyl (C=O) groups excluding carboxylic acids is 1. The third-order valence-electron chi connectivity index (χ3n) is 6.56. The van der Waals surface area contributed by atoms with E-state index in [1.165, 1.54) is 0 Å². The molecule has 5 rings (SSSR count). The number of nitrogens with zero attached hydrogens (tertiary/aromatic N) is 6. The quantitative estimate of drug-likeness (QED) is 0.436. The lowest BCUT2D eigenvalue weighted by molar-refractivity contribution is -0.177. The zero-order chi connectivity index (χ0) is 23.3. The summed E-state index contributed by atoms with van der Waals surface area (Å²) in [6.45, 7) is 8.46. The maximum absolute atomic E-state index is 12.5. The molecule has 0 radical (unpaired) electrons. The number of rotatable bonds is 5. The van der Waals surface area contributed by atoms with Crippen LogP contribution in [-0.2, 0) is 35.0 Å². The second kappa shape index (κ2) is 7.79. The number of hydrogen-bond donors (Lipinski definition) is 0. The van der Waals surface area contributed by atoms with Crippen LogP contribution in [0.5, 0.6) is 0 Å². The number of benzene rings is 1. The number of carbonyl (C=O) groups is 1. The summed E-state index contributed by atoms with van der Waals surface area (Å²) < 4.78 is 9.49. The molecule has 1 aromatic carbocycles. The molecule has 1 aliphatic rings. The monoisotopic (exact) mass is 444 g/mol. The highest BCUT2D eigenvalue weighted by Crippen LogP contribution is 2.45. The second-order valence-electron chi connectivity index (χ2n) is 9.40. The van der Waals surface area contributed by atoms with Crippen molar-refractivity contribution < 1.29 is 9.53 Å². The van der Waals surface area contributed by atoms with Gasteiger partial charge in [0, 0.05) is 37.6 Å². The molecule has 0 spiro atoms. The van der Waals surface area contributed by atoms with E-state index in [1.54, 1.807) is 27.8 Å². The molecule has 3 aromatic heterocycles. The molecule has 8 heteroatoms. The highest BCUT2D eigenvalue weighted by molar-refractivity contribution is 5.76. The van der Waals surface area contributed by atoms with Crippen LogP contribution >= 0.6 is 0 Å². The van der Waals surface area contributed by atoms with Gasteiger partial charge in [0.25, 0.3) is 0 Å². The number of cyclic esters (lactones) is 1. The largest absolute Gasteiger partial charge is 0.453 e. The number of aryl methyl sites for hydroxylation is 1. The van der Waals surface area contributed by atoms with Crippen LogP contribution in [0.2, 0.25) is 0 Å². The fraction of sp³-hybridized carbons (Fsp3) is 0.400. The van der Waals surface area contributed by atoms with E-state index in [9.17, 15) is 4.79 Å². The Morgan fingerprint density at radius 2 is 1.97 bits per heavy atom. The van der Waals surface area contributed by atoms with E-state index in [0.717, 1.165) is 27.9 Å². The third kappa shape index (κ3) is 3.50. The zero-order valence-corrected chi connectivity index (χ0v) is 19.6. The standard InChI is InChI=1S/C25H28N6O2/c1-15(2)25(16(3)4)20-7-6-17(10-18(20)12-22(32)33-25)11-21-28-24-23(19-13-27-30(5)14-19)26-8-9-31(24)29-21/h6-10,13-16H,11-12H2,1-5H3. The summed E-state index contributed by atoms with van der Waals surface area (Å²) in [6.07, 6.45) is 8.05. The first-order valence-electron chi connectivity index (χ1n) is 11.3. The van der Waals surface area contributed by atoms with Crippen LogP contribution in [0.15, 0.2) is 43.0 Å². The van der Waals surface area contributed by atoms with E-state index in [2.05, 4.69) is 61.1 Å². The average Bonchev–Trinajstić information content (AvgIpc) is 3.37. The van der Waals surface area contributed by atoms with Crippen molar-refractivity contribution >= 4 is 11.6 Å². The Morgan fingerprint density at radius 1 is 1.18 bits per heavy atom. The van der Waals surface area contributed by atoms with Crippen LogP contribution in [0.4, 0.5) is 0 Å². The number of ether oxygens (including phenoxy) is 1. The van der Waals surface area contributed by atoms with Gasteiger partial charge in [-0.2, -0.15) is 10.2 Å². The van der Waals surface area contributed by atoms with Crippen LogP contribution < -0.4 is 0 Å². The van der Waals surface area contributed by atoms with Crippen LogP contribution in [0.25, 0.3) is 16.9 Å². The summed E-state index contributed by atoms with van der Waals surface area (Å²) in [5.41, 5.74) is 4.95. The van der Waals surface area contributed by atoms with Crippen molar-refractivity contribution in [3.63, 3.8) is 0 Å². The Morgan fingerprint density at radius 3 is 2.67 bits per heavy atom. The fourth-order valence-corrected chi connectivity index (χ4v) is 5.11. The predicted octanol–water partition coefficient (Wildman–Crippen LogP) is 3.72. The van der Waals surface area contributed by atoms with Gasteiger partial charge in [0.05, 0.1) is 12.6 Å². The first-order valence-corrected chi connectivity index (χ1v) is 11.3. The van der Waals surface area contributed by atoms with Crippen molar-refractivity contribution in [3.05, 3.63) is 65.5 Å². The smallest absolute Gasteiger partial charge is 0.311 e. The van der Waals surface area contributed by atoms with Gasteiger partial charge in [-0.1, -0.05) is 45.9 Å². The van der Waals surface area contributed by atoms with E-state index in [1.807, 2.05) is 13.2 Å². The Bertz CT molecular complexity index is 1340. The Balaban J connectivity index is 1.51.